The fraction of sp³-hybridized carbons (Fsp3) is 0.423. The highest BCUT2D eigenvalue weighted by Crippen LogP contribution is 2.60. The zero-order valence-electron chi connectivity index (χ0n) is 19.5. The molecular formula is C26H26ClN3O5. The molecule has 0 bridgehead atoms. The second-order valence-electron chi connectivity index (χ2n) is 9.58. The SMILES string of the molecule is COc1ccc(CCN2C(=O)[C@H]3[C@@H](C2=O)[C@]2(C(=O)Nc4ccc(Cl)cc42)N2CCC[C@@H]32)cc1OC. The molecule has 4 aliphatic rings. The lowest BCUT2D eigenvalue weighted by molar-refractivity contribution is -0.145. The second kappa shape index (κ2) is 7.96. The first-order chi connectivity index (χ1) is 16.9. The predicted molar refractivity (Wildman–Crippen MR) is 128 cm³/mol. The van der Waals surface area contributed by atoms with Crippen LogP contribution in [0.3, 0.4) is 0 Å². The van der Waals surface area contributed by atoms with E-state index in [9.17, 15) is 14.4 Å². The maximum absolute atomic E-state index is 13.9. The molecule has 6 rings (SSSR count). The van der Waals surface area contributed by atoms with Crippen molar-refractivity contribution < 1.29 is 23.9 Å². The summed E-state index contributed by atoms with van der Waals surface area (Å²) in [7, 11) is 3.14. The molecule has 4 atom stereocenters. The van der Waals surface area contributed by atoms with Crippen molar-refractivity contribution in [3.63, 3.8) is 0 Å². The molecule has 2 aromatic rings. The van der Waals surface area contributed by atoms with Crippen molar-refractivity contribution in [1.82, 2.24) is 9.80 Å². The number of halogens is 1. The molecule has 1 spiro atoms. The molecule has 0 aliphatic carbocycles. The number of methoxy groups -OCH3 is 2. The van der Waals surface area contributed by atoms with Crippen LogP contribution in [0.1, 0.15) is 24.0 Å². The summed E-state index contributed by atoms with van der Waals surface area (Å²) >= 11 is 6.34. The highest BCUT2D eigenvalue weighted by molar-refractivity contribution is 6.31. The van der Waals surface area contributed by atoms with Gasteiger partial charge in [-0.3, -0.25) is 24.2 Å². The zero-order valence-corrected chi connectivity index (χ0v) is 20.3. The standard InChI is InChI=1S/C26H26ClN3O5/c1-34-19-8-5-14(12-20(19)35-2)9-11-29-23(31)21-18-4-3-10-30(18)26(22(21)24(29)32)16-13-15(27)6-7-17(16)28-25(26)33/h5-8,12-13,18,21-22H,3-4,9-11H2,1-2H3,(H,28,33)/t18-,21+,22-,26+/m0/s1. The number of imide groups is 1. The Labute approximate surface area is 208 Å². The van der Waals surface area contributed by atoms with Crippen molar-refractivity contribution in [1.29, 1.82) is 0 Å². The van der Waals surface area contributed by atoms with Gasteiger partial charge >= 0.3 is 0 Å². The molecule has 2 aromatic carbocycles. The number of ether oxygens (including phenoxy) is 2. The van der Waals surface area contributed by atoms with Crippen LogP contribution in [-0.2, 0) is 26.3 Å². The van der Waals surface area contributed by atoms with Crippen LogP contribution in [0, 0.1) is 11.8 Å². The molecule has 182 valence electrons. The Morgan fingerprint density at radius 2 is 1.86 bits per heavy atom. The molecule has 0 saturated carbocycles. The number of hydrogen-bond acceptors (Lipinski definition) is 6. The van der Waals surface area contributed by atoms with Crippen LogP contribution in [0.15, 0.2) is 36.4 Å². The summed E-state index contributed by atoms with van der Waals surface area (Å²) in [6.45, 7) is 0.913. The Morgan fingerprint density at radius 3 is 2.63 bits per heavy atom. The lowest BCUT2D eigenvalue weighted by Gasteiger charge is -2.36. The fourth-order valence-corrected chi connectivity index (χ4v) is 6.90. The first kappa shape index (κ1) is 22.4. The highest BCUT2D eigenvalue weighted by Gasteiger charge is 2.74. The average molecular weight is 496 g/mol. The normalized spacial score (nSPS) is 28.9. The number of nitrogens with one attached hydrogen (secondary N) is 1. The largest absolute Gasteiger partial charge is 0.493 e. The van der Waals surface area contributed by atoms with E-state index in [0.29, 0.717) is 40.7 Å². The number of nitrogens with zero attached hydrogens (tertiary/aromatic N) is 2. The number of carbonyl (C=O) groups excluding carboxylic acids is 3. The summed E-state index contributed by atoms with van der Waals surface area (Å²) in [5.74, 6) is -0.784. The summed E-state index contributed by atoms with van der Waals surface area (Å²) in [6, 6.07) is 10.7. The molecule has 0 unspecified atom stereocenters. The lowest BCUT2D eigenvalue weighted by Crippen LogP contribution is -2.54. The van der Waals surface area contributed by atoms with Gasteiger partial charge in [0, 0.05) is 28.9 Å². The minimum absolute atomic E-state index is 0.141. The third-order valence-corrected chi connectivity index (χ3v) is 8.35. The van der Waals surface area contributed by atoms with Gasteiger partial charge in [0.2, 0.25) is 17.7 Å². The van der Waals surface area contributed by atoms with Gasteiger partial charge in [-0.25, -0.2) is 0 Å². The highest BCUT2D eigenvalue weighted by atomic mass is 35.5. The topological polar surface area (TPSA) is 88.2 Å². The number of rotatable bonds is 5. The molecule has 3 fully saturated rings. The van der Waals surface area contributed by atoms with E-state index >= 15 is 0 Å². The van der Waals surface area contributed by atoms with Gasteiger partial charge in [-0.05, 0) is 61.7 Å². The van der Waals surface area contributed by atoms with Crippen LogP contribution in [-0.4, -0.2) is 60.9 Å². The molecule has 0 radical (unpaired) electrons. The molecule has 35 heavy (non-hydrogen) atoms. The predicted octanol–water partition coefficient (Wildman–Crippen LogP) is 2.83. The number of likely N-dealkylation sites (tertiary alicyclic amines) is 1. The van der Waals surface area contributed by atoms with Gasteiger partial charge in [-0.15, -0.1) is 0 Å². The minimum atomic E-state index is -1.20. The lowest BCUT2D eigenvalue weighted by atomic mass is 9.75. The maximum atomic E-state index is 13.9. The van der Waals surface area contributed by atoms with Crippen LogP contribution in [0.25, 0.3) is 0 Å². The van der Waals surface area contributed by atoms with Gasteiger partial charge in [0.25, 0.3) is 0 Å². The molecule has 3 saturated heterocycles. The van der Waals surface area contributed by atoms with Crippen molar-refractivity contribution in [2.75, 3.05) is 32.6 Å². The van der Waals surface area contributed by atoms with Crippen LogP contribution in [0.2, 0.25) is 5.02 Å². The Hall–Kier alpha value is -3.10. The number of amides is 3. The van der Waals surface area contributed by atoms with Crippen molar-refractivity contribution in [2.45, 2.75) is 30.8 Å². The Bertz CT molecular complexity index is 1270. The Balaban J connectivity index is 1.35. The molecule has 3 amide bonds. The number of carbonyl (C=O) groups is 3. The second-order valence-corrected chi connectivity index (χ2v) is 10.0. The van der Waals surface area contributed by atoms with E-state index in [1.54, 1.807) is 32.4 Å². The van der Waals surface area contributed by atoms with Crippen molar-refractivity contribution >= 4 is 35.0 Å². The minimum Gasteiger partial charge on any atom is -0.493 e. The van der Waals surface area contributed by atoms with Gasteiger partial charge in [-0.1, -0.05) is 17.7 Å². The first-order valence-corrected chi connectivity index (χ1v) is 12.2. The first-order valence-electron chi connectivity index (χ1n) is 11.9. The molecule has 9 heteroatoms. The van der Waals surface area contributed by atoms with E-state index in [2.05, 4.69) is 10.2 Å². The third kappa shape index (κ3) is 2.93. The van der Waals surface area contributed by atoms with Gasteiger partial charge in [0.1, 0.15) is 5.54 Å². The smallest absolute Gasteiger partial charge is 0.250 e. The monoisotopic (exact) mass is 495 g/mol. The molecule has 4 heterocycles. The van der Waals surface area contributed by atoms with Gasteiger partial charge in [0.05, 0.1) is 26.1 Å². The van der Waals surface area contributed by atoms with E-state index < -0.39 is 17.4 Å². The summed E-state index contributed by atoms with van der Waals surface area (Å²) < 4.78 is 10.7. The molecule has 8 nitrogen and oxygen atoms in total. The van der Waals surface area contributed by atoms with Crippen molar-refractivity contribution in [2.24, 2.45) is 11.8 Å². The van der Waals surface area contributed by atoms with E-state index in [1.807, 2.05) is 18.2 Å². The van der Waals surface area contributed by atoms with Crippen LogP contribution < -0.4 is 14.8 Å². The van der Waals surface area contributed by atoms with Crippen molar-refractivity contribution in [3.05, 3.63) is 52.5 Å². The number of anilines is 1. The summed E-state index contributed by atoms with van der Waals surface area (Å²) in [4.78, 5) is 44.7. The maximum Gasteiger partial charge on any atom is 0.250 e. The summed E-state index contributed by atoms with van der Waals surface area (Å²) in [5.41, 5.74) is 1.09. The molecule has 0 aromatic heterocycles. The van der Waals surface area contributed by atoms with E-state index in [-0.39, 0.29) is 30.3 Å². The molecular weight excluding hydrogens is 470 g/mol. The number of fused-ring (bicyclic) bond motifs is 7. The van der Waals surface area contributed by atoms with Crippen LogP contribution >= 0.6 is 11.6 Å². The summed E-state index contributed by atoms with van der Waals surface area (Å²) in [5, 5.41) is 3.47. The zero-order chi connectivity index (χ0) is 24.5. The Morgan fingerprint density at radius 1 is 1.06 bits per heavy atom. The van der Waals surface area contributed by atoms with Gasteiger partial charge in [-0.2, -0.15) is 0 Å². The summed E-state index contributed by atoms with van der Waals surface area (Å²) in [6.07, 6.45) is 2.15. The quantitative estimate of drug-likeness (QED) is 0.642. The van der Waals surface area contributed by atoms with Crippen molar-refractivity contribution in [3.8, 4) is 11.5 Å². The van der Waals surface area contributed by atoms with Gasteiger partial charge < -0.3 is 14.8 Å². The number of hydrogen-bond donors (Lipinski definition) is 1. The van der Waals surface area contributed by atoms with E-state index in [4.69, 9.17) is 21.1 Å². The third-order valence-electron chi connectivity index (χ3n) is 8.12. The average Bonchev–Trinajstić information content (AvgIpc) is 3.56. The van der Waals surface area contributed by atoms with E-state index in [0.717, 1.165) is 18.4 Å². The molecule has 4 aliphatic heterocycles. The van der Waals surface area contributed by atoms with Crippen LogP contribution in [0.4, 0.5) is 5.69 Å². The van der Waals surface area contributed by atoms with E-state index in [1.165, 1.54) is 4.90 Å². The number of benzene rings is 2. The van der Waals surface area contributed by atoms with Crippen LogP contribution in [0.5, 0.6) is 11.5 Å². The fourth-order valence-electron chi connectivity index (χ4n) is 6.73. The van der Waals surface area contributed by atoms with Gasteiger partial charge in [0.15, 0.2) is 11.5 Å². The Kier molecular flexibility index (Phi) is 5.09. The molecule has 1 N–H and O–H groups in total.